The number of benzene rings is 1. The highest BCUT2D eigenvalue weighted by Crippen LogP contribution is 2.51. The minimum absolute atomic E-state index is 0.245. The molecule has 2 N–H and O–H groups in total. The highest BCUT2D eigenvalue weighted by atomic mass is 16.5. The molecular weight excluding hydrogens is 432 g/mol. The number of aliphatic carboxylic acids is 1. The molecule has 3 aromatic rings. The van der Waals surface area contributed by atoms with Crippen LogP contribution in [0.1, 0.15) is 43.0 Å². The summed E-state index contributed by atoms with van der Waals surface area (Å²) in [5.41, 5.74) is 2.67. The van der Waals surface area contributed by atoms with Crippen molar-refractivity contribution in [3.63, 3.8) is 0 Å². The quantitative estimate of drug-likeness (QED) is 0.498. The maximum Gasteiger partial charge on any atom is 0.303 e. The third-order valence-corrected chi connectivity index (χ3v) is 6.70. The normalized spacial score (nSPS) is 22.1. The van der Waals surface area contributed by atoms with Crippen LogP contribution in [0.4, 0.5) is 0 Å². The lowest BCUT2D eigenvalue weighted by Gasteiger charge is -2.17. The van der Waals surface area contributed by atoms with E-state index in [-0.39, 0.29) is 6.42 Å². The zero-order chi connectivity index (χ0) is 23.7. The zero-order valence-corrected chi connectivity index (χ0v) is 19.1. The van der Waals surface area contributed by atoms with Crippen LogP contribution < -0.4 is 0 Å². The van der Waals surface area contributed by atoms with Gasteiger partial charge in [0, 0.05) is 55.0 Å². The Morgan fingerprint density at radius 2 is 2.03 bits per heavy atom. The van der Waals surface area contributed by atoms with Crippen LogP contribution in [0, 0.1) is 29.6 Å². The molecule has 1 aliphatic carbocycles. The molecule has 1 aliphatic heterocycles. The third-order valence-electron chi connectivity index (χ3n) is 6.70. The summed E-state index contributed by atoms with van der Waals surface area (Å²) in [6.07, 6.45) is 3.80. The van der Waals surface area contributed by atoms with Gasteiger partial charge in [0.2, 0.25) is 0 Å². The minimum Gasteiger partial charge on any atom is -0.481 e. The molecule has 8 nitrogen and oxygen atoms in total. The first-order valence-electron chi connectivity index (χ1n) is 11.7. The standard InChI is InChI=1S/C26H28N4O4/c1-17(31)26-27-10-12-30(26)14-20-13-24(34-28-20)19-7-4-18(5-8-19)6-9-21-22-15-29(16-23(21)22)11-2-3-25(32)33/h4-5,7-8,10,12-13,17,21-23,31H,2-3,11,14-16H2,1H3,(H,32,33). The van der Waals surface area contributed by atoms with Crippen molar-refractivity contribution in [3.05, 3.63) is 59.8 Å². The van der Waals surface area contributed by atoms with Gasteiger partial charge in [-0.2, -0.15) is 0 Å². The van der Waals surface area contributed by atoms with E-state index in [4.69, 9.17) is 9.63 Å². The average molecular weight is 461 g/mol. The second-order valence-corrected chi connectivity index (χ2v) is 9.23. The van der Waals surface area contributed by atoms with E-state index in [0.29, 0.717) is 35.9 Å². The van der Waals surface area contributed by atoms with Gasteiger partial charge in [-0.25, -0.2) is 4.98 Å². The van der Waals surface area contributed by atoms with Gasteiger partial charge in [0.05, 0.1) is 6.54 Å². The van der Waals surface area contributed by atoms with Crippen LogP contribution in [-0.2, 0) is 11.3 Å². The average Bonchev–Trinajstić information content (AvgIpc) is 3.30. The Morgan fingerprint density at radius 1 is 1.26 bits per heavy atom. The number of nitrogens with zero attached hydrogens (tertiary/aromatic N) is 4. The van der Waals surface area contributed by atoms with Gasteiger partial charge in [0.15, 0.2) is 5.76 Å². The molecule has 3 heterocycles. The van der Waals surface area contributed by atoms with Crippen LogP contribution in [0.5, 0.6) is 0 Å². The number of hydrogen-bond acceptors (Lipinski definition) is 6. The summed E-state index contributed by atoms with van der Waals surface area (Å²) in [6.45, 7) is 5.11. The topological polar surface area (TPSA) is 105 Å². The summed E-state index contributed by atoms with van der Waals surface area (Å²) in [6, 6.07) is 9.89. The van der Waals surface area contributed by atoms with Crippen molar-refractivity contribution >= 4 is 5.97 Å². The summed E-state index contributed by atoms with van der Waals surface area (Å²) in [5.74, 6) is 9.04. The van der Waals surface area contributed by atoms with Gasteiger partial charge in [-0.05, 0) is 56.0 Å². The van der Waals surface area contributed by atoms with Crippen LogP contribution in [-0.4, -0.2) is 55.4 Å². The number of aliphatic hydroxyl groups is 1. The summed E-state index contributed by atoms with van der Waals surface area (Å²) >= 11 is 0. The van der Waals surface area contributed by atoms with Crippen molar-refractivity contribution < 1.29 is 19.5 Å². The Labute approximate surface area is 198 Å². The number of aliphatic hydroxyl groups excluding tert-OH is 1. The van der Waals surface area contributed by atoms with Crippen LogP contribution in [0.15, 0.2) is 47.2 Å². The molecular formula is C26H28N4O4. The molecule has 176 valence electrons. The Morgan fingerprint density at radius 3 is 2.74 bits per heavy atom. The third kappa shape index (κ3) is 4.91. The smallest absolute Gasteiger partial charge is 0.303 e. The lowest BCUT2D eigenvalue weighted by molar-refractivity contribution is -0.137. The number of carbonyl (C=O) groups is 1. The molecule has 1 saturated heterocycles. The van der Waals surface area contributed by atoms with E-state index in [0.717, 1.165) is 42.9 Å². The summed E-state index contributed by atoms with van der Waals surface area (Å²) in [5, 5.41) is 22.7. The second-order valence-electron chi connectivity index (χ2n) is 9.23. The van der Waals surface area contributed by atoms with Crippen LogP contribution >= 0.6 is 0 Å². The lowest BCUT2D eigenvalue weighted by atomic mass is 10.1. The number of rotatable bonds is 8. The molecule has 2 aromatic heterocycles. The number of carboxylic acids is 1. The highest BCUT2D eigenvalue weighted by Gasteiger charge is 2.54. The Balaban J connectivity index is 1.14. The number of likely N-dealkylation sites (tertiary alicyclic amines) is 1. The van der Waals surface area contributed by atoms with Crippen molar-refractivity contribution in [2.24, 2.45) is 17.8 Å². The van der Waals surface area contributed by atoms with Gasteiger partial charge in [-0.1, -0.05) is 17.0 Å². The Kier molecular flexibility index (Phi) is 6.22. The van der Waals surface area contributed by atoms with E-state index in [1.165, 1.54) is 0 Å². The van der Waals surface area contributed by atoms with Crippen LogP contribution in [0.3, 0.4) is 0 Å². The van der Waals surface area contributed by atoms with Crippen molar-refractivity contribution in [2.75, 3.05) is 19.6 Å². The van der Waals surface area contributed by atoms with E-state index in [1.54, 1.807) is 13.1 Å². The first kappa shape index (κ1) is 22.4. The molecule has 8 heteroatoms. The SMILES string of the molecule is CC(O)c1nccn1Cc1cc(-c2ccc(C#CC3C4CN(CCCC(=O)O)CC34)cc2)on1. The first-order valence-corrected chi connectivity index (χ1v) is 11.7. The molecule has 0 spiro atoms. The summed E-state index contributed by atoms with van der Waals surface area (Å²) in [7, 11) is 0. The molecule has 1 saturated carbocycles. The minimum atomic E-state index is -0.719. The number of imidazole rings is 1. The van der Waals surface area contributed by atoms with Gasteiger partial charge in [0.1, 0.15) is 17.6 Å². The molecule has 1 aromatic carbocycles. The van der Waals surface area contributed by atoms with Crippen molar-refractivity contribution in [1.82, 2.24) is 19.6 Å². The second kappa shape index (κ2) is 9.45. The monoisotopic (exact) mass is 460 g/mol. The highest BCUT2D eigenvalue weighted by molar-refractivity contribution is 5.66. The summed E-state index contributed by atoms with van der Waals surface area (Å²) < 4.78 is 7.38. The number of piperidine rings is 1. The fourth-order valence-corrected chi connectivity index (χ4v) is 4.87. The molecule has 0 amide bonds. The Bertz CT molecular complexity index is 1210. The van der Waals surface area contributed by atoms with Gasteiger partial charge in [-0.15, -0.1) is 0 Å². The van der Waals surface area contributed by atoms with Crippen LogP contribution in [0.25, 0.3) is 11.3 Å². The fourth-order valence-electron chi connectivity index (χ4n) is 4.87. The zero-order valence-electron chi connectivity index (χ0n) is 19.1. The van der Waals surface area contributed by atoms with Crippen molar-refractivity contribution in [3.8, 4) is 23.2 Å². The number of hydrogen-bond donors (Lipinski definition) is 2. The number of aromatic nitrogens is 3. The first-order chi connectivity index (χ1) is 16.5. The molecule has 34 heavy (non-hydrogen) atoms. The predicted octanol–water partition coefficient (Wildman–Crippen LogP) is 3.03. The van der Waals surface area contributed by atoms with Crippen molar-refractivity contribution in [2.45, 2.75) is 32.4 Å². The largest absolute Gasteiger partial charge is 0.481 e. The molecule has 0 bridgehead atoms. The lowest BCUT2D eigenvalue weighted by Crippen LogP contribution is -2.25. The van der Waals surface area contributed by atoms with Crippen LogP contribution in [0.2, 0.25) is 0 Å². The van der Waals surface area contributed by atoms with Gasteiger partial charge >= 0.3 is 5.97 Å². The van der Waals surface area contributed by atoms with E-state index < -0.39 is 12.1 Å². The van der Waals surface area contributed by atoms with E-state index in [1.807, 2.05) is 41.1 Å². The van der Waals surface area contributed by atoms with E-state index >= 15 is 0 Å². The maximum absolute atomic E-state index is 10.7. The number of fused-ring (bicyclic) bond motifs is 1. The number of carboxylic acid groups (broad SMARTS) is 1. The molecule has 0 radical (unpaired) electrons. The predicted molar refractivity (Wildman–Crippen MR) is 125 cm³/mol. The molecule has 2 aliphatic rings. The summed E-state index contributed by atoms with van der Waals surface area (Å²) in [4.78, 5) is 17.2. The molecule has 2 fully saturated rings. The fraction of sp³-hybridized carbons (Fsp3) is 0.423. The molecule has 5 rings (SSSR count). The van der Waals surface area contributed by atoms with Gasteiger partial charge < -0.3 is 24.2 Å². The Hall–Kier alpha value is -3.41. The van der Waals surface area contributed by atoms with Crippen molar-refractivity contribution in [1.29, 1.82) is 0 Å². The van der Waals surface area contributed by atoms with Gasteiger partial charge in [-0.3, -0.25) is 4.79 Å². The van der Waals surface area contributed by atoms with E-state index in [2.05, 4.69) is 26.9 Å². The van der Waals surface area contributed by atoms with E-state index in [9.17, 15) is 9.90 Å². The molecule has 3 unspecified atom stereocenters. The van der Waals surface area contributed by atoms with Gasteiger partial charge in [0.25, 0.3) is 0 Å². The molecule has 3 atom stereocenters. The maximum atomic E-state index is 10.7.